The van der Waals surface area contributed by atoms with Crippen molar-refractivity contribution in [3.8, 4) is 22.7 Å². The van der Waals surface area contributed by atoms with Crippen molar-refractivity contribution in [1.29, 1.82) is 0 Å². The minimum Gasteiger partial charge on any atom is -0.497 e. The molecule has 1 aromatic heterocycles. The van der Waals surface area contributed by atoms with Gasteiger partial charge in [0.05, 0.1) is 18.4 Å². The van der Waals surface area contributed by atoms with E-state index in [0.29, 0.717) is 31.7 Å². The number of hydrogen-bond donors (Lipinski definition) is 1. The standard InChI is InChI=1S/C32H34N4O3/c1-22-9-8-10-23(2)30(22)33-32(38)35-19-17-34(18-20-35)31(37)28-21-29(25-13-15-27(39-4)16-14-25)36(24(28)3)26-11-6-5-7-12-26/h5-16,21H,17-20H2,1-4H3,(H,33,38). The van der Waals surface area contributed by atoms with Crippen molar-refractivity contribution >= 4 is 17.6 Å². The van der Waals surface area contributed by atoms with Gasteiger partial charge in [-0.3, -0.25) is 4.79 Å². The number of urea groups is 1. The summed E-state index contributed by atoms with van der Waals surface area (Å²) in [6, 6.07) is 25.7. The Hall–Kier alpha value is -4.52. The first-order valence-electron chi connectivity index (χ1n) is 13.2. The second kappa shape index (κ2) is 11.1. The maximum Gasteiger partial charge on any atom is 0.321 e. The Morgan fingerprint density at radius 3 is 2.00 bits per heavy atom. The first kappa shape index (κ1) is 26.1. The number of carbonyl (C=O) groups is 2. The highest BCUT2D eigenvalue weighted by molar-refractivity contribution is 5.98. The first-order valence-corrected chi connectivity index (χ1v) is 13.2. The largest absolute Gasteiger partial charge is 0.497 e. The van der Waals surface area contributed by atoms with Gasteiger partial charge < -0.3 is 24.4 Å². The van der Waals surface area contributed by atoms with E-state index in [1.807, 2.05) is 105 Å². The maximum atomic E-state index is 13.8. The third-order valence-corrected chi connectivity index (χ3v) is 7.44. The molecule has 7 nitrogen and oxygen atoms in total. The van der Waals surface area contributed by atoms with Crippen molar-refractivity contribution < 1.29 is 14.3 Å². The third kappa shape index (κ3) is 5.25. The van der Waals surface area contributed by atoms with Crippen LogP contribution in [0, 0.1) is 20.8 Å². The molecule has 200 valence electrons. The Morgan fingerprint density at radius 1 is 0.769 bits per heavy atom. The predicted octanol–water partition coefficient (Wildman–Crippen LogP) is 6.07. The zero-order chi connectivity index (χ0) is 27.5. The van der Waals surface area contributed by atoms with Gasteiger partial charge in [0.15, 0.2) is 0 Å². The maximum absolute atomic E-state index is 13.8. The number of piperazine rings is 1. The molecule has 1 N–H and O–H groups in total. The van der Waals surface area contributed by atoms with Crippen LogP contribution >= 0.6 is 0 Å². The number of carbonyl (C=O) groups excluding carboxylic acids is 2. The van der Waals surface area contributed by atoms with Crippen molar-refractivity contribution in [2.24, 2.45) is 0 Å². The molecule has 0 aliphatic carbocycles. The lowest BCUT2D eigenvalue weighted by atomic mass is 10.1. The molecular weight excluding hydrogens is 488 g/mol. The van der Waals surface area contributed by atoms with Crippen LogP contribution in [-0.4, -0.2) is 59.6 Å². The number of ether oxygens (including phenoxy) is 1. The van der Waals surface area contributed by atoms with E-state index in [4.69, 9.17) is 4.74 Å². The molecule has 0 bridgehead atoms. The van der Waals surface area contributed by atoms with Crippen LogP contribution in [0.5, 0.6) is 5.75 Å². The van der Waals surface area contributed by atoms with E-state index in [-0.39, 0.29) is 11.9 Å². The number of nitrogens with zero attached hydrogens (tertiary/aromatic N) is 3. The molecule has 1 aliphatic rings. The molecule has 0 atom stereocenters. The quantitative estimate of drug-likeness (QED) is 0.346. The average molecular weight is 523 g/mol. The highest BCUT2D eigenvalue weighted by Gasteiger charge is 2.28. The number of nitrogens with one attached hydrogen (secondary N) is 1. The highest BCUT2D eigenvalue weighted by Crippen LogP contribution is 2.31. The third-order valence-electron chi connectivity index (χ3n) is 7.44. The fourth-order valence-electron chi connectivity index (χ4n) is 5.19. The van der Waals surface area contributed by atoms with Gasteiger partial charge in [-0.05, 0) is 79.9 Å². The zero-order valence-electron chi connectivity index (χ0n) is 22.9. The zero-order valence-corrected chi connectivity index (χ0v) is 22.9. The van der Waals surface area contributed by atoms with E-state index in [9.17, 15) is 9.59 Å². The Morgan fingerprint density at radius 2 is 1.38 bits per heavy atom. The van der Waals surface area contributed by atoms with Crippen LogP contribution in [0.2, 0.25) is 0 Å². The molecule has 0 spiro atoms. The fraction of sp³-hybridized carbons (Fsp3) is 0.250. The number of amides is 3. The number of para-hydroxylation sites is 2. The predicted molar refractivity (Wildman–Crippen MR) is 155 cm³/mol. The van der Waals surface area contributed by atoms with Gasteiger partial charge in [-0.25, -0.2) is 4.79 Å². The summed E-state index contributed by atoms with van der Waals surface area (Å²) in [5.74, 6) is 0.760. The molecule has 7 heteroatoms. The smallest absolute Gasteiger partial charge is 0.321 e. The Kier molecular flexibility index (Phi) is 7.41. The molecule has 0 unspecified atom stereocenters. The normalized spacial score (nSPS) is 13.3. The first-order chi connectivity index (χ1) is 18.9. The van der Waals surface area contributed by atoms with Gasteiger partial charge in [-0.1, -0.05) is 36.4 Å². The monoisotopic (exact) mass is 522 g/mol. The SMILES string of the molecule is COc1ccc(-c2cc(C(=O)N3CCN(C(=O)Nc4c(C)cccc4C)CC3)c(C)n2-c2ccccc2)cc1. The summed E-state index contributed by atoms with van der Waals surface area (Å²) in [6.07, 6.45) is 0. The van der Waals surface area contributed by atoms with Crippen LogP contribution in [-0.2, 0) is 0 Å². The summed E-state index contributed by atoms with van der Waals surface area (Å²) >= 11 is 0. The van der Waals surface area contributed by atoms with Crippen molar-refractivity contribution in [3.63, 3.8) is 0 Å². The van der Waals surface area contributed by atoms with Crippen molar-refractivity contribution in [2.75, 3.05) is 38.6 Å². The fourth-order valence-corrected chi connectivity index (χ4v) is 5.19. The molecule has 3 amide bonds. The number of hydrogen-bond acceptors (Lipinski definition) is 3. The van der Waals surface area contributed by atoms with Gasteiger partial charge in [-0.2, -0.15) is 0 Å². The van der Waals surface area contributed by atoms with E-state index in [2.05, 4.69) is 9.88 Å². The van der Waals surface area contributed by atoms with Crippen molar-refractivity contribution in [3.05, 3.63) is 101 Å². The summed E-state index contributed by atoms with van der Waals surface area (Å²) in [6.45, 7) is 7.88. The summed E-state index contributed by atoms with van der Waals surface area (Å²) < 4.78 is 7.46. The van der Waals surface area contributed by atoms with Gasteiger partial charge in [0.1, 0.15) is 5.75 Å². The summed E-state index contributed by atoms with van der Waals surface area (Å²) in [5, 5.41) is 3.06. The van der Waals surface area contributed by atoms with Gasteiger partial charge in [-0.15, -0.1) is 0 Å². The molecular formula is C32H34N4O3. The minimum absolute atomic E-state index is 0.0215. The molecule has 39 heavy (non-hydrogen) atoms. The van der Waals surface area contributed by atoms with Gasteiger partial charge in [0.25, 0.3) is 5.91 Å². The molecule has 1 saturated heterocycles. The highest BCUT2D eigenvalue weighted by atomic mass is 16.5. The number of aryl methyl sites for hydroxylation is 2. The topological polar surface area (TPSA) is 66.8 Å². The van der Waals surface area contributed by atoms with Crippen LogP contribution in [0.4, 0.5) is 10.5 Å². The number of methoxy groups -OCH3 is 1. The molecule has 2 heterocycles. The van der Waals surface area contributed by atoms with Gasteiger partial charge in [0.2, 0.25) is 0 Å². The van der Waals surface area contributed by atoms with Crippen molar-refractivity contribution in [2.45, 2.75) is 20.8 Å². The second-order valence-corrected chi connectivity index (χ2v) is 9.90. The lowest BCUT2D eigenvalue weighted by molar-refractivity contribution is 0.0671. The number of aromatic nitrogens is 1. The average Bonchev–Trinajstić information content (AvgIpc) is 3.32. The minimum atomic E-state index is -0.132. The lowest BCUT2D eigenvalue weighted by Gasteiger charge is -2.35. The molecule has 0 saturated carbocycles. The molecule has 3 aromatic carbocycles. The van der Waals surface area contributed by atoms with E-state index in [0.717, 1.165) is 45.2 Å². The summed E-state index contributed by atoms with van der Waals surface area (Å²) in [7, 11) is 1.65. The Balaban J connectivity index is 1.36. The van der Waals surface area contributed by atoms with Crippen LogP contribution < -0.4 is 10.1 Å². The molecule has 0 radical (unpaired) electrons. The van der Waals surface area contributed by atoms with E-state index in [1.165, 1.54) is 0 Å². The summed E-state index contributed by atoms with van der Waals surface area (Å²) in [4.78, 5) is 30.4. The summed E-state index contributed by atoms with van der Waals surface area (Å²) in [5.41, 5.74) is 7.39. The molecule has 5 rings (SSSR count). The number of rotatable bonds is 5. The van der Waals surface area contributed by atoms with E-state index < -0.39 is 0 Å². The molecule has 1 aliphatic heterocycles. The molecule has 1 fully saturated rings. The van der Waals surface area contributed by atoms with E-state index >= 15 is 0 Å². The van der Waals surface area contributed by atoms with Crippen molar-refractivity contribution in [1.82, 2.24) is 14.4 Å². The van der Waals surface area contributed by atoms with E-state index in [1.54, 1.807) is 12.0 Å². The number of anilines is 1. The van der Waals surface area contributed by atoms with Crippen LogP contribution in [0.3, 0.4) is 0 Å². The van der Waals surface area contributed by atoms with Gasteiger partial charge in [0, 0.05) is 43.2 Å². The van der Waals surface area contributed by atoms with Crippen LogP contribution in [0.15, 0.2) is 78.9 Å². The molecule has 4 aromatic rings. The van der Waals surface area contributed by atoms with Crippen LogP contribution in [0.1, 0.15) is 27.2 Å². The second-order valence-electron chi connectivity index (χ2n) is 9.90. The lowest BCUT2D eigenvalue weighted by Crippen LogP contribution is -2.51. The number of benzene rings is 3. The van der Waals surface area contributed by atoms with Gasteiger partial charge >= 0.3 is 6.03 Å². The Bertz CT molecular complexity index is 1460. The van der Waals surface area contributed by atoms with Crippen LogP contribution in [0.25, 0.3) is 16.9 Å². The Labute approximate surface area is 229 Å².